The Balaban J connectivity index is 1.97. The molecule has 0 fully saturated rings. The van der Waals surface area contributed by atoms with Gasteiger partial charge in [-0.15, -0.1) is 0 Å². The zero-order valence-corrected chi connectivity index (χ0v) is 16.3. The Hall–Kier alpha value is -2.83. The van der Waals surface area contributed by atoms with Crippen molar-refractivity contribution in [3.63, 3.8) is 0 Å². The quantitative estimate of drug-likeness (QED) is 0.558. The van der Waals surface area contributed by atoms with Crippen molar-refractivity contribution in [3.05, 3.63) is 59.4 Å². The SMILES string of the molecule is CC(C)(C)c1ccc(/C=C2/Oc3ccc(N)cc3N(CC(O)CO)C2=O)cc1. The zero-order valence-electron chi connectivity index (χ0n) is 16.3. The second-order valence-electron chi connectivity index (χ2n) is 7.96. The number of hydrogen-bond acceptors (Lipinski definition) is 5. The van der Waals surface area contributed by atoms with Crippen molar-refractivity contribution >= 4 is 23.4 Å². The maximum atomic E-state index is 13.0. The van der Waals surface area contributed by atoms with Crippen molar-refractivity contribution < 1.29 is 19.7 Å². The van der Waals surface area contributed by atoms with Gasteiger partial charge in [0.1, 0.15) is 0 Å². The van der Waals surface area contributed by atoms with Crippen molar-refractivity contribution in [1.29, 1.82) is 0 Å². The van der Waals surface area contributed by atoms with E-state index in [0.29, 0.717) is 17.1 Å². The first-order valence-electron chi connectivity index (χ1n) is 9.19. The summed E-state index contributed by atoms with van der Waals surface area (Å²) in [6.45, 7) is 5.91. The monoisotopic (exact) mass is 382 g/mol. The largest absolute Gasteiger partial charge is 0.449 e. The molecule has 6 nitrogen and oxygen atoms in total. The molecule has 3 rings (SSSR count). The number of anilines is 2. The Morgan fingerprint density at radius 2 is 1.86 bits per heavy atom. The van der Waals surface area contributed by atoms with Crippen molar-refractivity contribution in [2.75, 3.05) is 23.8 Å². The summed E-state index contributed by atoms with van der Waals surface area (Å²) in [5.74, 6) is 0.216. The minimum absolute atomic E-state index is 0.0406. The number of hydrogen-bond donors (Lipinski definition) is 3. The van der Waals surface area contributed by atoms with Gasteiger partial charge < -0.3 is 20.7 Å². The van der Waals surface area contributed by atoms with Crippen LogP contribution in [0.2, 0.25) is 0 Å². The fraction of sp³-hybridized carbons (Fsp3) is 0.318. The van der Waals surface area contributed by atoms with Crippen LogP contribution in [0.25, 0.3) is 6.08 Å². The standard InChI is InChI=1S/C22H26N2O4/c1-22(2,3)15-6-4-14(5-7-15)10-20-21(27)24(12-17(26)13-25)18-11-16(23)8-9-19(18)28-20/h4-11,17,25-26H,12-13,23H2,1-3H3/b20-10+. The molecule has 0 aliphatic carbocycles. The summed E-state index contributed by atoms with van der Waals surface area (Å²) in [7, 11) is 0. The van der Waals surface area contributed by atoms with E-state index in [4.69, 9.17) is 10.5 Å². The fourth-order valence-corrected chi connectivity index (χ4v) is 3.01. The maximum absolute atomic E-state index is 13.0. The van der Waals surface area contributed by atoms with Crippen LogP contribution in [0.4, 0.5) is 11.4 Å². The lowest BCUT2D eigenvalue weighted by Gasteiger charge is -2.31. The van der Waals surface area contributed by atoms with Gasteiger partial charge in [0.25, 0.3) is 5.91 Å². The summed E-state index contributed by atoms with van der Waals surface area (Å²) >= 11 is 0. The van der Waals surface area contributed by atoms with Crippen LogP contribution in [0, 0.1) is 0 Å². The Labute approximate surface area is 164 Å². The van der Waals surface area contributed by atoms with Crippen molar-refractivity contribution in [3.8, 4) is 5.75 Å². The number of fused-ring (bicyclic) bond motifs is 1. The van der Waals surface area contributed by atoms with E-state index in [1.165, 1.54) is 10.5 Å². The summed E-state index contributed by atoms with van der Waals surface area (Å²) in [5, 5.41) is 19.1. The number of β-amino-alcohol motifs (C(OH)–C–C–N with tert-alkyl or cyclic N) is 1. The smallest absolute Gasteiger partial charge is 0.294 e. The van der Waals surface area contributed by atoms with Gasteiger partial charge in [-0.3, -0.25) is 9.69 Å². The van der Waals surface area contributed by atoms with Crippen LogP contribution in [0.5, 0.6) is 5.75 Å². The highest BCUT2D eigenvalue weighted by molar-refractivity contribution is 6.10. The van der Waals surface area contributed by atoms with E-state index in [0.717, 1.165) is 5.56 Å². The van der Waals surface area contributed by atoms with Crippen LogP contribution in [-0.2, 0) is 10.2 Å². The second-order valence-corrected chi connectivity index (χ2v) is 7.96. The van der Waals surface area contributed by atoms with Crippen LogP contribution >= 0.6 is 0 Å². The number of aliphatic hydroxyl groups excluding tert-OH is 2. The van der Waals surface area contributed by atoms with Crippen LogP contribution in [0.3, 0.4) is 0 Å². The third-order valence-corrected chi connectivity index (χ3v) is 4.63. The molecule has 2 aromatic carbocycles. The average molecular weight is 382 g/mol. The Morgan fingerprint density at radius 3 is 2.46 bits per heavy atom. The lowest BCUT2D eigenvalue weighted by molar-refractivity contribution is -0.118. The minimum atomic E-state index is -1.07. The molecular weight excluding hydrogens is 356 g/mol. The normalized spacial score (nSPS) is 16.7. The van der Waals surface area contributed by atoms with Crippen molar-refractivity contribution in [1.82, 2.24) is 0 Å². The Bertz CT molecular complexity index is 898. The molecule has 28 heavy (non-hydrogen) atoms. The Kier molecular flexibility index (Phi) is 5.45. The number of carbonyl (C=O) groups excluding carboxylic acids is 1. The van der Waals surface area contributed by atoms with Crippen LogP contribution < -0.4 is 15.4 Å². The van der Waals surface area contributed by atoms with Crippen molar-refractivity contribution in [2.45, 2.75) is 32.3 Å². The number of carbonyl (C=O) groups is 1. The number of ether oxygens (including phenoxy) is 1. The van der Waals surface area contributed by atoms with E-state index in [1.807, 2.05) is 24.3 Å². The van der Waals surface area contributed by atoms with Gasteiger partial charge in [0.05, 0.1) is 24.9 Å². The highest BCUT2D eigenvalue weighted by Gasteiger charge is 2.31. The molecule has 6 heteroatoms. The van der Waals surface area contributed by atoms with E-state index < -0.39 is 18.6 Å². The summed E-state index contributed by atoms with van der Waals surface area (Å²) in [6, 6.07) is 12.9. The van der Waals surface area contributed by atoms with Crippen molar-refractivity contribution in [2.24, 2.45) is 0 Å². The predicted molar refractivity (Wildman–Crippen MR) is 110 cm³/mol. The summed E-state index contributed by atoms with van der Waals surface area (Å²) < 4.78 is 5.82. The van der Waals surface area contributed by atoms with Gasteiger partial charge in [-0.2, -0.15) is 0 Å². The third-order valence-electron chi connectivity index (χ3n) is 4.63. The number of nitrogens with two attached hydrogens (primary N) is 1. The van der Waals surface area contributed by atoms with E-state index >= 15 is 0 Å². The van der Waals surface area contributed by atoms with Gasteiger partial charge in [0, 0.05) is 5.69 Å². The van der Waals surface area contributed by atoms with Gasteiger partial charge in [-0.1, -0.05) is 45.0 Å². The van der Waals surface area contributed by atoms with Gasteiger partial charge in [0.2, 0.25) is 0 Å². The highest BCUT2D eigenvalue weighted by Crippen LogP contribution is 2.37. The van der Waals surface area contributed by atoms with Crippen LogP contribution in [0.15, 0.2) is 48.2 Å². The lowest BCUT2D eigenvalue weighted by atomic mass is 9.87. The zero-order chi connectivity index (χ0) is 20.5. The lowest BCUT2D eigenvalue weighted by Crippen LogP contribution is -2.43. The highest BCUT2D eigenvalue weighted by atomic mass is 16.5. The van der Waals surface area contributed by atoms with Crippen LogP contribution in [0.1, 0.15) is 31.9 Å². The number of aliphatic hydroxyl groups is 2. The predicted octanol–water partition coefficient (Wildman–Crippen LogP) is 2.69. The molecular formula is C22H26N2O4. The molecule has 1 amide bonds. The number of benzene rings is 2. The first kappa shape index (κ1) is 19.9. The molecule has 0 saturated carbocycles. The molecule has 0 aromatic heterocycles. The van der Waals surface area contributed by atoms with E-state index in [-0.39, 0.29) is 17.7 Å². The average Bonchev–Trinajstić information content (AvgIpc) is 2.65. The summed E-state index contributed by atoms with van der Waals surface area (Å²) in [6.07, 6.45) is 0.607. The first-order valence-corrected chi connectivity index (χ1v) is 9.19. The number of nitrogen functional groups attached to an aromatic ring is 1. The molecule has 0 radical (unpaired) electrons. The van der Waals surface area contributed by atoms with Gasteiger partial charge >= 0.3 is 0 Å². The van der Waals surface area contributed by atoms with E-state index in [2.05, 4.69) is 20.8 Å². The summed E-state index contributed by atoms with van der Waals surface area (Å²) in [5.41, 5.74) is 8.85. The molecule has 1 aliphatic rings. The maximum Gasteiger partial charge on any atom is 0.294 e. The molecule has 4 N–H and O–H groups in total. The molecule has 1 unspecified atom stereocenters. The second kappa shape index (κ2) is 7.66. The van der Waals surface area contributed by atoms with Gasteiger partial charge in [-0.25, -0.2) is 0 Å². The molecule has 1 atom stereocenters. The van der Waals surface area contributed by atoms with Gasteiger partial charge in [0.15, 0.2) is 11.5 Å². The van der Waals surface area contributed by atoms with E-state index in [1.54, 1.807) is 24.3 Å². The van der Waals surface area contributed by atoms with Crippen LogP contribution in [-0.4, -0.2) is 35.4 Å². The van der Waals surface area contributed by atoms with Gasteiger partial charge in [-0.05, 0) is 40.8 Å². The first-order chi connectivity index (χ1) is 13.2. The third kappa shape index (κ3) is 4.18. The minimum Gasteiger partial charge on any atom is -0.449 e. The number of rotatable bonds is 4. The molecule has 0 spiro atoms. The molecule has 0 saturated heterocycles. The van der Waals surface area contributed by atoms with E-state index in [9.17, 15) is 15.0 Å². The molecule has 1 aliphatic heterocycles. The molecule has 148 valence electrons. The fourth-order valence-electron chi connectivity index (χ4n) is 3.01. The molecule has 2 aromatic rings. The number of nitrogens with zero attached hydrogens (tertiary/aromatic N) is 1. The molecule has 1 heterocycles. The topological polar surface area (TPSA) is 96.0 Å². The summed E-state index contributed by atoms with van der Waals surface area (Å²) in [4.78, 5) is 14.4. The Morgan fingerprint density at radius 1 is 1.18 bits per heavy atom. The number of amides is 1. The molecule has 0 bridgehead atoms.